The molecule has 4 N–H and O–H groups in total. The number of hydrogen-bond donors (Lipinski definition) is 3. The number of unbranched alkanes of at least 4 members (excludes halogenated alkanes) is 1. The number of anilines is 2. The predicted octanol–water partition coefficient (Wildman–Crippen LogP) is 3.51. The molecule has 0 aliphatic heterocycles. The van der Waals surface area contributed by atoms with Crippen LogP contribution in [0.1, 0.15) is 40.0 Å². The predicted molar refractivity (Wildman–Crippen MR) is 96.8 cm³/mol. The Bertz CT molecular complexity index is 736. The molecule has 0 bridgehead atoms. The maximum atomic E-state index is 12.8. The standard InChI is InChI=1S/C17H25F3N6/c1-4-5-8-16(3,10-23-11(2)17(18,19)20)26-15-24-12-7-6-9-22-13(12)14(21)25-15/h6-7,9,11,23H,4-5,8,10H2,1-3H3,(H3,21,24,25,26)/t11-,16+/m0/s1. The summed E-state index contributed by atoms with van der Waals surface area (Å²) in [5.74, 6) is 0.510. The molecule has 2 rings (SSSR count). The van der Waals surface area contributed by atoms with Crippen LogP contribution in [0.4, 0.5) is 24.9 Å². The van der Waals surface area contributed by atoms with Gasteiger partial charge in [0.2, 0.25) is 5.95 Å². The van der Waals surface area contributed by atoms with E-state index >= 15 is 0 Å². The van der Waals surface area contributed by atoms with E-state index in [0.29, 0.717) is 17.5 Å². The SMILES string of the molecule is CCCC[C@](C)(CN[C@@H](C)C(F)(F)F)Nc1nc(N)c2ncccc2n1. The van der Waals surface area contributed by atoms with Crippen LogP contribution in [0.3, 0.4) is 0 Å². The summed E-state index contributed by atoms with van der Waals surface area (Å²) in [6, 6.07) is 1.90. The number of aromatic nitrogens is 3. The summed E-state index contributed by atoms with van der Waals surface area (Å²) < 4.78 is 38.4. The largest absolute Gasteiger partial charge is 0.403 e. The van der Waals surface area contributed by atoms with E-state index in [4.69, 9.17) is 5.73 Å². The lowest BCUT2D eigenvalue weighted by atomic mass is 9.94. The first kappa shape index (κ1) is 20.2. The molecule has 6 nitrogen and oxygen atoms in total. The third-order valence-corrected chi connectivity index (χ3v) is 4.27. The van der Waals surface area contributed by atoms with Gasteiger partial charge in [0.1, 0.15) is 11.6 Å². The zero-order valence-electron chi connectivity index (χ0n) is 15.2. The number of hydrogen-bond acceptors (Lipinski definition) is 6. The molecule has 0 aliphatic rings. The molecule has 0 saturated carbocycles. The van der Waals surface area contributed by atoms with Crippen molar-refractivity contribution in [3.63, 3.8) is 0 Å². The lowest BCUT2D eigenvalue weighted by Crippen LogP contribution is -2.51. The fourth-order valence-corrected chi connectivity index (χ4v) is 2.57. The lowest BCUT2D eigenvalue weighted by Gasteiger charge is -2.33. The third-order valence-electron chi connectivity index (χ3n) is 4.27. The van der Waals surface area contributed by atoms with Crippen LogP contribution in [0.5, 0.6) is 0 Å². The van der Waals surface area contributed by atoms with Gasteiger partial charge in [0, 0.05) is 18.3 Å². The molecule has 0 aromatic carbocycles. The van der Waals surface area contributed by atoms with E-state index in [1.54, 1.807) is 18.3 Å². The van der Waals surface area contributed by atoms with Crippen LogP contribution in [-0.4, -0.2) is 39.3 Å². The van der Waals surface area contributed by atoms with Gasteiger partial charge in [0.05, 0.1) is 5.52 Å². The summed E-state index contributed by atoms with van der Waals surface area (Å²) >= 11 is 0. The molecular weight excluding hydrogens is 345 g/mol. The molecule has 0 radical (unpaired) electrons. The number of pyridine rings is 1. The Kier molecular flexibility index (Phi) is 6.22. The Balaban J connectivity index is 2.21. The maximum Gasteiger partial charge on any atom is 0.403 e. The van der Waals surface area contributed by atoms with E-state index in [9.17, 15) is 13.2 Å². The molecule has 0 fully saturated rings. The van der Waals surface area contributed by atoms with E-state index in [-0.39, 0.29) is 18.3 Å². The van der Waals surface area contributed by atoms with Crippen molar-refractivity contribution in [1.82, 2.24) is 20.3 Å². The van der Waals surface area contributed by atoms with Crippen LogP contribution < -0.4 is 16.4 Å². The minimum Gasteiger partial charge on any atom is -0.382 e. The van der Waals surface area contributed by atoms with Crippen molar-refractivity contribution >= 4 is 22.8 Å². The highest BCUT2D eigenvalue weighted by molar-refractivity contribution is 5.84. The Hall–Kier alpha value is -2.16. The van der Waals surface area contributed by atoms with Gasteiger partial charge in [-0.1, -0.05) is 19.8 Å². The molecule has 0 spiro atoms. The van der Waals surface area contributed by atoms with Crippen molar-refractivity contribution in [2.75, 3.05) is 17.6 Å². The zero-order valence-corrected chi connectivity index (χ0v) is 15.2. The highest BCUT2D eigenvalue weighted by atomic mass is 19.4. The Morgan fingerprint density at radius 3 is 2.65 bits per heavy atom. The fraction of sp³-hybridized carbons (Fsp3) is 0.588. The quantitative estimate of drug-likeness (QED) is 0.659. The smallest absolute Gasteiger partial charge is 0.382 e. The van der Waals surface area contributed by atoms with Crippen LogP contribution in [0.2, 0.25) is 0 Å². The van der Waals surface area contributed by atoms with Gasteiger partial charge in [0.25, 0.3) is 0 Å². The highest BCUT2D eigenvalue weighted by Crippen LogP contribution is 2.24. The Labute approximate surface area is 150 Å². The topological polar surface area (TPSA) is 88.8 Å². The van der Waals surface area contributed by atoms with Crippen molar-refractivity contribution < 1.29 is 13.2 Å². The van der Waals surface area contributed by atoms with Crippen LogP contribution in [-0.2, 0) is 0 Å². The molecule has 26 heavy (non-hydrogen) atoms. The van der Waals surface area contributed by atoms with Crippen molar-refractivity contribution in [3.05, 3.63) is 18.3 Å². The second-order valence-corrected chi connectivity index (χ2v) is 6.74. The van der Waals surface area contributed by atoms with Crippen molar-refractivity contribution in [3.8, 4) is 0 Å². The second-order valence-electron chi connectivity index (χ2n) is 6.74. The number of halogens is 3. The van der Waals surface area contributed by atoms with Gasteiger partial charge < -0.3 is 16.4 Å². The van der Waals surface area contributed by atoms with E-state index in [0.717, 1.165) is 19.8 Å². The van der Waals surface area contributed by atoms with Crippen molar-refractivity contribution in [2.24, 2.45) is 0 Å². The molecule has 2 atom stereocenters. The lowest BCUT2D eigenvalue weighted by molar-refractivity contribution is -0.151. The molecule has 2 aromatic rings. The summed E-state index contributed by atoms with van der Waals surface area (Å²) in [5, 5.41) is 5.73. The number of nitrogens with two attached hydrogens (primary N) is 1. The first-order valence-electron chi connectivity index (χ1n) is 8.61. The van der Waals surface area contributed by atoms with Gasteiger partial charge in [-0.25, -0.2) is 4.98 Å². The van der Waals surface area contributed by atoms with E-state index in [2.05, 4.69) is 25.6 Å². The molecule has 0 saturated heterocycles. The molecule has 0 unspecified atom stereocenters. The average molecular weight is 370 g/mol. The summed E-state index contributed by atoms with van der Waals surface area (Å²) in [6.07, 6.45) is -0.244. The van der Waals surface area contributed by atoms with Gasteiger partial charge in [-0.3, -0.25) is 4.98 Å². The second kappa shape index (κ2) is 8.03. The molecule has 2 aromatic heterocycles. The molecule has 2 heterocycles. The van der Waals surface area contributed by atoms with Gasteiger partial charge >= 0.3 is 6.18 Å². The molecule has 0 aliphatic carbocycles. The number of nitrogens with one attached hydrogen (secondary N) is 2. The maximum absolute atomic E-state index is 12.8. The Morgan fingerprint density at radius 2 is 2.00 bits per heavy atom. The minimum absolute atomic E-state index is 0.113. The monoisotopic (exact) mass is 370 g/mol. The summed E-state index contributed by atoms with van der Waals surface area (Å²) in [7, 11) is 0. The van der Waals surface area contributed by atoms with Gasteiger partial charge in [0.15, 0.2) is 5.82 Å². The van der Waals surface area contributed by atoms with Crippen molar-refractivity contribution in [2.45, 2.75) is 57.8 Å². The molecule has 144 valence electrons. The normalized spacial score (nSPS) is 15.6. The minimum atomic E-state index is -4.29. The first-order valence-corrected chi connectivity index (χ1v) is 8.61. The fourth-order valence-electron chi connectivity index (χ4n) is 2.57. The van der Waals surface area contributed by atoms with Crippen LogP contribution >= 0.6 is 0 Å². The number of alkyl halides is 3. The Morgan fingerprint density at radius 1 is 1.27 bits per heavy atom. The molecule has 0 amide bonds. The van der Waals surface area contributed by atoms with Crippen LogP contribution in [0.15, 0.2) is 18.3 Å². The summed E-state index contributed by atoms with van der Waals surface area (Å²) in [5.41, 5.74) is 6.36. The van der Waals surface area contributed by atoms with Gasteiger partial charge in [-0.2, -0.15) is 18.2 Å². The summed E-state index contributed by atoms with van der Waals surface area (Å²) in [6.45, 7) is 5.10. The van der Waals surface area contributed by atoms with Crippen molar-refractivity contribution in [1.29, 1.82) is 0 Å². The molecule has 9 heteroatoms. The average Bonchev–Trinajstić information content (AvgIpc) is 2.57. The van der Waals surface area contributed by atoms with E-state index in [1.165, 1.54) is 0 Å². The molecular formula is C17H25F3N6. The third kappa shape index (κ3) is 5.17. The first-order chi connectivity index (χ1) is 12.1. The van der Waals surface area contributed by atoms with E-state index in [1.807, 2.05) is 13.8 Å². The van der Waals surface area contributed by atoms with Crippen LogP contribution in [0, 0.1) is 0 Å². The number of rotatable bonds is 8. The number of fused-ring (bicyclic) bond motifs is 1. The number of nitrogen functional groups attached to an aromatic ring is 1. The highest BCUT2D eigenvalue weighted by Gasteiger charge is 2.37. The zero-order chi connectivity index (χ0) is 19.4. The van der Waals surface area contributed by atoms with Crippen LogP contribution in [0.25, 0.3) is 11.0 Å². The van der Waals surface area contributed by atoms with E-state index < -0.39 is 17.8 Å². The van der Waals surface area contributed by atoms with Gasteiger partial charge in [-0.05, 0) is 32.4 Å². The summed E-state index contributed by atoms with van der Waals surface area (Å²) in [4.78, 5) is 12.7. The number of nitrogens with zero attached hydrogens (tertiary/aromatic N) is 3. The van der Waals surface area contributed by atoms with Gasteiger partial charge in [-0.15, -0.1) is 0 Å².